The smallest absolute Gasteiger partial charge is 0.303 e. The van der Waals surface area contributed by atoms with Gasteiger partial charge in [-0.3, -0.25) is 9.59 Å². The summed E-state index contributed by atoms with van der Waals surface area (Å²) in [5.74, 6) is 1.14. The molecule has 0 fully saturated rings. The summed E-state index contributed by atoms with van der Waals surface area (Å²) in [6.45, 7) is 8.04. The van der Waals surface area contributed by atoms with Gasteiger partial charge in [0, 0.05) is 19.6 Å². The molecule has 1 amide bonds. The molecule has 0 heterocycles. The number of carboxylic acids is 1. The quantitative estimate of drug-likeness (QED) is 0.102. The highest BCUT2D eigenvalue weighted by Crippen LogP contribution is 1.90. The molecular weight excluding hydrogens is 478 g/mol. The molecule has 0 spiro atoms. The highest BCUT2D eigenvalue weighted by atomic mass is 16.6. The number of ether oxygens (including phenoxy) is 8. The van der Waals surface area contributed by atoms with Crippen LogP contribution in [0.1, 0.15) is 19.3 Å². The zero-order valence-corrected chi connectivity index (χ0v) is 21.2. The molecule has 0 saturated carbocycles. The third kappa shape index (κ3) is 30.2. The molecule has 0 aliphatic heterocycles. The molecule has 0 aliphatic rings. The fourth-order valence-corrected chi connectivity index (χ4v) is 2.38. The molecule has 12 heteroatoms. The molecule has 0 bridgehead atoms. The van der Waals surface area contributed by atoms with Crippen molar-refractivity contribution in [2.45, 2.75) is 19.3 Å². The van der Waals surface area contributed by atoms with Crippen molar-refractivity contribution < 1.29 is 52.6 Å². The van der Waals surface area contributed by atoms with E-state index in [9.17, 15) is 9.59 Å². The van der Waals surface area contributed by atoms with Gasteiger partial charge in [-0.25, -0.2) is 0 Å². The molecule has 2 N–H and O–H groups in total. The molecule has 0 aromatic heterocycles. The van der Waals surface area contributed by atoms with E-state index in [1.165, 1.54) is 0 Å². The van der Waals surface area contributed by atoms with Crippen molar-refractivity contribution in [1.29, 1.82) is 0 Å². The van der Waals surface area contributed by atoms with Gasteiger partial charge in [-0.05, 0) is 6.42 Å². The predicted molar refractivity (Wildman–Crippen MR) is 130 cm³/mol. The Labute approximate surface area is 214 Å². The van der Waals surface area contributed by atoms with E-state index in [2.05, 4.69) is 11.2 Å². The minimum absolute atomic E-state index is 0.00701. The van der Waals surface area contributed by atoms with E-state index in [0.717, 1.165) is 0 Å². The lowest BCUT2D eigenvalue weighted by Crippen LogP contribution is -2.25. The first-order chi connectivity index (χ1) is 17.7. The molecule has 0 atom stereocenters. The minimum Gasteiger partial charge on any atom is -0.481 e. The summed E-state index contributed by atoms with van der Waals surface area (Å²) in [5, 5.41) is 11.1. The Morgan fingerprint density at radius 1 is 0.583 bits per heavy atom. The van der Waals surface area contributed by atoms with Crippen LogP contribution >= 0.6 is 0 Å². The van der Waals surface area contributed by atoms with Crippen molar-refractivity contribution in [3.05, 3.63) is 0 Å². The SMILES string of the molecule is C#CCOCCOCCOCCOCCOCCOCCOCCOCCCNC(=O)CCC(=O)O. The fraction of sp³-hybridized carbons (Fsp3) is 0.833. The molecule has 0 radical (unpaired) electrons. The summed E-state index contributed by atoms with van der Waals surface area (Å²) in [7, 11) is 0. The molecule has 0 aromatic carbocycles. The summed E-state index contributed by atoms with van der Waals surface area (Å²) >= 11 is 0. The normalized spacial score (nSPS) is 10.9. The van der Waals surface area contributed by atoms with Gasteiger partial charge in [0.05, 0.1) is 98.9 Å². The Kier molecular flexibility index (Phi) is 27.9. The molecular formula is C24H43NO11. The highest BCUT2D eigenvalue weighted by Gasteiger charge is 2.04. The first kappa shape index (κ1) is 34.2. The topological polar surface area (TPSA) is 140 Å². The minimum atomic E-state index is -0.981. The van der Waals surface area contributed by atoms with E-state index in [1.807, 2.05) is 0 Å². The lowest BCUT2D eigenvalue weighted by molar-refractivity contribution is -0.138. The van der Waals surface area contributed by atoms with E-state index in [0.29, 0.717) is 119 Å². The lowest BCUT2D eigenvalue weighted by atomic mass is 10.3. The summed E-state index contributed by atoms with van der Waals surface area (Å²) in [5.41, 5.74) is 0. The number of terminal acetylenes is 1. The fourth-order valence-electron chi connectivity index (χ4n) is 2.38. The highest BCUT2D eigenvalue weighted by molar-refractivity contribution is 5.80. The second-order valence-corrected chi connectivity index (χ2v) is 7.14. The van der Waals surface area contributed by atoms with E-state index in [1.54, 1.807) is 0 Å². The first-order valence-corrected chi connectivity index (χ1v) is 12.2. The maximum atomic E-state index is 11.3. The standard InChI is InChI=1S/C24H43NO11/c1-2-7-29-9-11-31-13-15-33-17-19-35-21-22-36-20-18-34-16-14-32-12-10-30-8-3-6-25-23(26)4-5-24(27)28/h1H,3-22H2,(H,25,26)(H,27,28). The Hall–Kier alpha value is -1.82. The molecule has 0 unspecified atom stereocenters. The number of carbonyl (C=O) groups excluding carboxylic acids is 1. The number of rotatable bonds is 29. The van der Waals surface area contributed by atoms with Gasteiger partial charge in [0.1, 0.15) is 6.61 Å². The average Bonchev–Trinajstić information content (AvgIpc) is 2.87. The monoisotopic (exact) mass is 521 g/mol. The molecule has 0 rings (SSSR count). The molecule has 0 aliphatic carbocycles. The van der Waals surface area contributed by atoms with E-state index >= 15 is 0 Å². The van der Waals surface area contributed by atoms with Crippen LogP contribution < -0.4 is 5.32 Å². The van der Waals surface area contributed by atoms with Crippen LogP contribution in [-0.2, 0) is 47.5 Å². The number of aliphatic carboxylic acids is 1. The zero-order valence-electron chi connectivity index (χ0n) is 21.2. The van der Waals surface area contributed by atoms with Crippen molar-refractivity contribution in [3.63, 3.8) is 0 Å². The molecule has 210 valence electrons. The van der Waals surface area contributed by atoms with Gasteiger partial charge in [-0.1, -0.05) is 5.92 Å². The van der Waals surface area contributed by atoms with Crippen LogP contribution in [0.4, 0.5) is 0 Å². The van der Waals surface area contributed by atoms with E-state index in [-0.39, 0.29) is 18.7 Å². The summed E-state index contributed by atoms with van der Waals surface area (Å²) in [4.78, 5) is 21.7. The third-order valence-corrected chi connectivity index (χ3v) is 4.14. The van der Waals surface area contributed by atoms with Crippen LogP contribution in [0.3, 0.4) is 0 Å². The van der Waals surface area contributed by atoms with Gasteiger partial charge < -0.3 is 48.3 Å². The van der Waals surface area contributed by atoms with Gasteiger partial charge in [-0.15, -0.1) is 6.42 Å². The summed E-state index contributed by atoms with van der Waals surface area (Å²) < 4.78 is 42.8. The first-order valence-electron chi connectivity index (χ1n) is 12.2. The van der Waals surface area contributed by atoms with E-state index < -0.39 is 5.97 Å². The van der Waals surface area contributed by atoms with Crippen LogP contribution in [0, 0.1) is 12.3 Å². The maximum absolute atomic E-state index is 11.3. The lowest BCUT2D eigenvalue weighted by Gasteiger charge is -2.08. The number of carbonyl (C=O) groups is 2. The number of nitrogens with one attached hydrogen (secondary N) is 1. The Balaban J connectivity index is 3.08. The largest absolute Gasteiger partial charge is 0.481 e. The van der Waals surface area contributed by atoms with Crippen LogP contribution in [-0.4, -0.2) is 129 Å². The molecule has 0 aromatic rings. The van der Waals surface area contributed by atoms with Crippen molar-refractivity contribution in [3.8, 4) is 12.3 Å². The van der Waals surface area contributed by atoms with Crippen LogP contribution in [0.2, 0.25) is 0 Å². The van der Waals surface area contributed by atoms with Crippen molar-refractivity contribution in [1.82, 2.24) is 5.32 Å². The number of hydrogen-bond acceptors (Lipinski definition) is 10. The number of hydrogen-bond donors (Lipinski definition) is 2. The predicted octanol–water partition coefficient (Wildman–Crippen LogP) is 0.124. The molecule has 12 nitrogen and oxygen atoms in total. The third-order valence-electron chi connectivity index (χ3n) is 4.14. The molecule has 0 saturated heterocycles. The summed E-state index contributed by atoms with van der Waals surface area (Å²) in [6.07, 6.45) is 5.55. The van der Waals surface area contributed by atoms with E-state index in [4.69, 9.17) is 49.4 Å². The zero-order chi connectivity index (χ0) is 26.4. The van der Waals surface area contributed by atoms with Gasteiger partial charge in [0.15, 0.2) is 0 Å². The van der Waals surface area contributed by atoms with Crippen molar-refractivity contribution in [2.75, 3.05) is 112 Å². The Morgan fingerprint density at radius 2 is 0.944 bits per heavy atom. The number of carboxylic acid groups (broad SMARTS) is 1. The van der Waals surface area contributed by atoms with Crippen LogP contribution in [0.5, 0.6) is 0 Å². The van der Waals surface area contributed by atoms with Gasteiger partial charge in [0.2, 0.25) is 5.91 Å². The van der Waals surface area contributed by atoms with Crippen molar-refractivity contribution in [2.24, 2.45) is 0 Å². The Bertz CT molecular complexity index is 543. The molecule has 36 heavy (non-hydrogen) atoms. The van der Waals surface area contributed by atoms with Gasteiger partial charge >= 0.3 is 5.97 Å². The average molecular weight is 522 g/mol. The van der Waals surface area contributed by atoms with Gasteiger partial charge in [-0.2, -0.15) is 0 Å². The number of amides is 1. The Morgan fingerprint density at radius 3 is 1.31 bits per heavy atom. The maximum Gasteiger partial charge on any atom is 0.303 e. The van der Waals surface area contributed by atoms with Crippen molar-refractivity contribution >= 4 is 11.9 Å². The second kappa shape index (κ2) is 29.4. The van der Waals surface area contributed by atoms with Gasteiger partial charge in [0.25, 0.3) is 0 Å². The second-order valence-electron chi connectivity index (χ2n) is 7.14. The van der Waals surface area contributed by atoms with Crippen LogP contribution in [0.15, 0.2) is 0 Å². The summed E-state index contributed by atoms with van der Waals surface area (Å²) in [6, 6.07) is 0. The van der Waals surface area contributed by atoms with Crippen LogP contribution in [0.25, 0.3) is 0 Å².